The predicted molar refractivity (Wildman–Crippen MR) is 62.5 cm³/mol. The van der Waals surface area contributed by atoms with Crippen LogP contribution in [-0.2, 0) is 11.2 Å². The molecule has 19 heavy (non-hydrogen) atoms. The number of halogens is 4. The number of alkyl halides is 4. The Morgan fingerprint density at radius 3 is 2.37 bits per heavy atom. The van der Waals surface area contributed by atoms with E-state index in [0.717, 1.165) is 5.56 Å². The van der Waals surface area contributed by atoms with Gasteiger partial charge in [0.1, 0.15) is 6.61 Å². The van der Waals surface area contributed by atoms with Crippen molar-refractivity contribution in [1.29, 1.82) is 0 Å². The monoisotopic (exact) mass is 280 g/mol. The standard InChI is InChI=1S/C13H16F4O2/c14-12(15)13(16,17)9-19-8-11(18)7-6-10-4-2-1-3-5-10/h1-5,11-12,18H,6-9H2. The van der Waals surface area contributed by atoms with E-state index in [1.54, 1.807) is 0 Å². The Morgan fingerprint density at radius 2 is 1.79 bits per heavy atom. The fraction of sp³-hybridized carbons (Fsp3) is 0.538. The second-order valence-corrected chi connectivity index (χ2v) is 4.25. The van der Waals surface area contributed by atoms with Gasteiger partial charge in [-0.2, -0.15) is 8.78 Å². The van der Waals surface area contributed by atoms with Crippen LogP contribution in [0.15, 0.2) is 30.3 Å². The van der Waals surface area contributed by atoms with Gasteiger partial charge in [-0.25, -0.2) is 8.78 Å². The number of benzene rings is 1. The minimum absolute atomic E-state index is 0.324. The summed E-state index contributed by atoms with van der Waals surface area (Å²) in [6, 6.07) is 9.30. The van der Waals surface area contributed by atoms with Crippen molar-refractivity contribution in [3.05, 3.63) is 35.9 Å². The zero-order chi connectivity index (χ0) is 14.3. The molecule has 0 bridgehead atoms. The summed E-state index contributed by atoms with van der Waals surface area (Å²) in [6.45, 7) is -1.76. The van der Waals surface area contributed by atoms with Crippen molar-refractivity contribution in [3.8, 4) is 0 Å². The molecule has 1 atom stereocenters. The molecule has 0 radical (unpaired) electrons. The summed E-state index contributed by atoms with van der Waals surface area (Å²) < 4.78 is 53.0. The van der Waals surface area contributed by atoms with Crippen LogP contribution in [0.3, 0.4) is 0 Å². The van der Waals surface area contributed by atoms with Crippen molar-refractivity contribution < 1.29 is 27.4 Å². The van der Waals surface area contributed by atoms with Crippen molar-refractivity contribution in [2.75, 3.05) is 13.2 Å². The van der Waals surface area contributed by atoms with Gasteiger partial charge in [0.05, 0.1) is 12.7 Å². The van der Waals surface area contributed by atoms with E-state index in [2.05, 4.69) is 4.74 Å². The number of ether oxygens (including phenoxy) is 1. The molecule has 108 valence electrons. The molecular weight excluding hydrogens is 264 g/mol. The number of aliphatic hydroxyl groups is 1. The topological polar surface area (TPSA) is 29.5 Å². The highest BCUT2D eigenvalue weighted by atomic mass is 19.3. The third-order valence-electron chi connectivity index (χ3n) is 2.53. The summed E-state index contributed by atoms with van der Waals surface area (Å²) >= 11 is 0. The van der Waals surface area contributed by atoms with Gasteiger partial charge in [-0.05, 0) is 18.4 Å². The molecule has 6 heteroatoms. The first-order valence-electron chi connectivity index (χ1n) is 5.87. The predicted octanol–water partition coefficient (Wildman–Crippen LogP) is 2.90. The van der Waals surface area contributed by atoms with Crippen LogP contribution < -0.4 is 0 Å². The van der Waals surface area contributed by atoms with Crippen LogP contribution in [0, 0.1) is 0 Å². The molecule has 0 fully saturated rings. The van der Waals surface area contributed by atoms with E-state index in [-0.39, 0.29) is 6.61 Å². The van der Waals surface area contributed by atoms with Crippen molar-refractivity contribution in [2.24, 2.45) is 0 Å². The Morgan fingerprint density at radius 1 is 1.16 bits per heavy atom. The molecule has 2 nitrogen and oxygen atoms in total. The van der Waals surface area contributed by atoms with Gasteiger partial charge in [0, 0.05) is 0 Å². The van der Waals surface area contributed by atoms with Crippen molar-refractivity contribution in [2.45, 2.75) is 31.3 Å². The number of aliphatic hydroxyl groups excluding tert-OH is 1. The molecule has 1 aromatic rings. The van der Waals surface area contributed by atoms with Crippen LogP contribution in [-0.4, -0.2) is 36.8 Å². The Bertz CT molecular complexity index is 357. The Kier molecular flexibility index (Phi) is 6.24. The molecule has 0 aliphatic heterocycles. The lowest BCUT2D eigenvalue weighted by atomic mass is 10.1. The lowest BCUT2D eigenvalue weighted by Crippen LogP contribution is -2.33. The lowest BCUT2D eigenvalue weighted by molar-refractivity contribution is -0.170. The molecule has 0 spiro atoms. The van der Waals surface area contributed by atoms with Gasteiger partial charge in [0.25, 0.3) is 0 Å². The molecule has 0 amide bonds. The van der Waals surface area contributed by atoms with Gasteiger partial charge in [-0.1, -0.05) is 30.3 Å². The Hall–Kier alpha value is -1.14. The van der Waals surface area contributed by atoms with Gasteiger partial charge in [-0.15, -0.1) is 0 Å². The summed E-state index contributed by atoms with van der Waals surface area (Å²) in [5.41, 5.74) is 1.000. The van der Waals surface area contributed by atoms with Crippen LogP contribution in [0.2, 0.25) is 0 Å². The van der Waals surface area contributed by atoms with Crippen LogP contribution >= 0.6 is 0 Å². The highest BCUT2D eigenvalue weighted by molar-refractivity contribution is 5.14. The molecule has 1 unspecified atom stereocenters. The van der Waals surface area contributed by atoms with E-state index in [4.69, 9.17) is 0 Å². The highest BCUT2D eigenvalue weighted by Gasteiger charge is 2.41. The normalized spacial score (nSPS) is 13.8. The SMILES string of the molecule is OC(CCc1ccccc1)COCC(F)(F)C(F)F. The first kappa shape index (κ1) is 15.9. The zero-order valence-corrected chi connectivity index (χ0v) is 10.2. The van der Waals surface area contributed by atoms with E-state index < -0.39 is 25.1 Å². The third-order valence-corrected chi connectivity index (χ3v) is 2.53. The zero-order valence-electron chi connectivity index (χ0n) is 10.2. The lowest BCUT2D eigenvalue weighted by Gasteiger charge is -2.17. The van der Waals surface area contributed by atoms with Gasteiger partial charge >= 0.3 is 12.3 Å². The maximum absolute atomic E-state index is 12.5. The summed E-state index contributed by atoms with van der Waals surface area (Å²) in [4.78, 5) is 0. The number of hydrogen-bond donors (Lipinski definition) is 1. The molecule has 0 aliphatic rings. The molecule has 0 heterocycles. The quantitative estimate of drug-likeness (QED) is 0.742. The van der Waals surface area contributed by atoms with Crippen LogP contribution in [0.1, 0.15) is 12.0 Å². The Balaban J connectivity index is 2.20. The van der Waals surface area contributed by atoms with E-state index in [0.29, 0.717) is 12.8 Å². The number of rotatable bonds is 8. The summed E-state index contributed by atoms with van der Waals surface area (Å²) in [6.07, 6.45) is -3.82. The van der Waals surface area contributed by atoms with Crippen molar-refractivity contribution >= 4 is 0 Å². The maximum Gasteiger partial charge on any atom is 0.330 e. The molecule has 0 saturated carbocycles. The van der Waals surface area contributed by atoms with E-state index in [1.807, 2.05) is 30.3 Å². The second kappa shape index (κ2) is 7.45. The van der Waals surface area contributed by atoms with Gasteiger partial charge in [0.15, 0.2) is 0 Å². The Labute approximate surface area is 109 Å². The van der Waals surface area contributed by atoms with E-state index in [1.165, 1.54) is 0 Å². The fourth-order valence-electron chi connectivity index (χ4n) is 1.46. The molecule has 0 aliphatic carbocycles. The average Bonchev–Trinajstić information content (AvgIpc) is 2.37. The van der Waals surface area contributed by atoms with Crippen LogP contribution in [0.4, 0.5) is 17.6 Å². The van der Waals surface area contributed by atoms with Gasteiger partial charge < -0.3 is 9.84 Å². The molecule has 1 rings (SSSR count). The maximum atomic E-state index is 12.5. The number of hydrogen-bond acceptors (Lipinski definition) is 2. The van der Waals surface area contributed by atoms with E-state index in [9.17, 15) is 22.7 Å². The summed E-state index contributed by atoms with van der Waals surface area (Å²) in [5, 5.41) is 9.49. The van der Waals surface area contributed by atoms with Gasteiger partial charge in [0.2, 0.25) is 0 Å². The molecule has 0 aromatic heterocycles. The van der Waals surface area contributed by atoms with Crippen LogP contribution in [0.25, 0.3) is 0 Å². The molecule has 1 aromatic carbocycles. The second-order valence-electron chi connectivity index (χ2n) is 4.25. The number of aryl methyl sites for hydroxylation is 1. The average molecular weight is 280 g/mol. The first-order valence-corrected chi connectivity index (χ1v) is 5.87. The van der Waals surface area contributed by atoms with Gasteiger partial charge in [-0.3, -0.25) is 0 Å². The molecule has 1 N–H and O–H groups in total. The first-order chi connectivity index (χ1) is 8.92. The minimum atomic E-state index is -4.17. The largest absolute Gasteiger partial charge is 0.391 e. The van der Waals surface area contributed by atoms with Crippen molar-refractivity contribution in [3.63, 3.8) is 0 Å². The minimum Gasteiger partial charge on any atom is -0.391 e. The molecule has 0 saturated heterocycles. The fourth-order valence-corrected chi connectivity index (χ4v) is 1.46. The van der Waals surface area contributed by atoms with Crippen LogP contribution in [0.5, 0.6) is 0 Å². The highest BCUT2D eigenvalue weighted by Crippen LogP contribution is 2.22. The third kappa shape index (κ3) is 6.02. The smallest absolute Gasteiger partial charge is 0.330 e. The summed E-state index contributed by atoms with van der Waals surface area (Å²) in [7, 11) is 0. The van der Waals surface area contributed by atoms with E-state index >= 15 is 0 Å². The van der Waals surface area contributed by atoms with Crippen molar-refractivity contribution in [1.82, 2.24) is 0 Å². The summed E-state index contributed by atoms with van der Waals surface area (Å²) in [5.74, 6) is -4.17. The molecular formula is C13H16F4O2.